The van der Waals surface area contributed by atoms with Crippen LogP contribution >= 0.6 is 0 Å². The maximum absolute atomic E-state index is 11.7. The first-order valence-electron chi connectivity index (χ1n) is 6.90. The van der Waals surface area contributed by atoms with Gasteiger partial charge in [0.15, 0.2) is 0 Å². The second-order valence-corrected chi connectivity index (χ2v) is 7.16. The number of fused-ring (bicyclic) bond motifs is 3. The summed E-state index contributed by atoms with van der Waals surface area (Å²) in [6.45, 7) is 7.23. The third-order valence-electron chi connectivity index (χ3n) is 5.54. The summed E-state index contributed by atoms with van der Waals surface area (Å²) < 4.78 is 5.23. The normalized spacial score (nSPS) is 45.9. The van der Waals surface area contributed by atoms with Gasteiger partial charge in [0.2, 0.25) is 0 Å². The Morgan fingerprint density at radius 3 is 2.78 bits per heavy atom. The molecule has 0 radical (unpaired) electrons. The second kappa shape index (κ2) is 3.60. The van der Waals surface area contributed by atoms with Gasteiger partial charge >= 0.3 is 5.97 Å². The van der Waals surface area contributed by atoms with Crippen molar-refractivity contribution >= 4 is 5.97 Å². The molecule has 18 heavy (non-hydrogen) atoms. The van der Waals surface area contributed by atoms with E-state index in [9.17, 15) is 9.90 Å². The monoisotopic (exact) mass is 250 g/mol. The fourth-order valence-electron chi connectivity index (χ4n) is 4.83. The molecule has 0 aromatic carbocycles. The van der Waals surface area contributed by atoms with Gasteiger partial charge in [-0.05, 0) is 36.0 Å². The summed E-state index contributed by atoms with van der Waals surface area (Å²) in [6.07, 6.45) is 4.43. The van der Waals surface area contributed by atoms with Crippen LogP contribution in [0, 0.1) is 22.7 Å². The molecule has 0 unspecified atom stereocenters. The predicted molar refractivity (Wildman–Crippen MR) is 67.8 cm³/mol. The molecular formula is C15H22O3. The zero-order valence-corrected chi connectivity index (χ0v) is 11.4. The van der Waals surface area contributed by atoms with Crippen LogP contribution in [-0.2, 0) is 9.53 Å². The Balaban J connectivity index is 2.04. The molecule has 0 bridgehead atoms. The first kappa shape index (κ1) is 12.2. The third-order valence-corrected chi connectivity index (χ3v) is 5.54. The maximum Gasteiger partial charge on any atom is 0.334 e. The highest BCUT2D eigenvalue weighted by Gasteiger charge is 2.57. The number of carbonyl (C=O) groups excluding carboxylic acids is 1. The summed E-state index contributed by atoms with van der Waals surface area (Å²) in [7, 11) is 0. The Bertz CT molecular complexity index is 423. The van der Waals surface area contributed by atoms with E-state index in [1.807, 2.05) is 0 Å². The molecule has 3 rings (SSSR count). The van der Waals surface area contributed by atoms with Crippen molar-refractivity contribution in [2.75, 3.05) is 6.61 Å². The highest BCUT2D eigenvalue weighted by atomic mass is 16.5. The van der Waals surface area contributed by atoms with Crippen molar-refractivity contribution in [2.45, 2.75) is 46.1 Å². The largest absolute Gasteiger partial charge is 0.462 e. The van der Waals surface area contributed by atoms with E-state index in [-0.39, 0.29) is 28.8 Å². The lowest BCUT2D eigenvalue weighted by Crippen LogP contribution is -2.52. The van der Waals surface area contributed by atoms with E-state index in [2.05, 4.69) is 26.8 Å². The fraction of sp³-hybridized carbons (Fsp3) is 0.800. The van der Waals surface area contributed by atoms with Gasteiger partial charge in [0.1, 0.15) is 0 Å². The molecule has 4 atom stereocenters. The van der Waals surface area contributed by atoms with Gasteiger partial charge in [-0.1, -0.05) is 26.8 Å². The van der Waals surface area contributed by atoms with Crippen molar-refractivity contribution in [1.29, 1.82) is 0 Å². The standard InChI is InChI=1S/C15H22O3/c1-14(2)6-9(16)7-15(3)11-8-18-13(17)10(11)4-5-12(14)15/h4,9,11-12,16H,5-8H2,1-3H3/t9-,11-,12-,15+/m0/s1. The van der Waals surface area contributed by atoms with E-state index < -0.39 is 0 Å². The average Bonchev–Trinajstić information content (AvgIpc) is 2.59. The van der Waals surface area contributed by atoms with Crippen molar-refractivity contribution in [2.24, 2.45) is 22.7 Å². The Hall–Kier alpha value is -0.830. The number of esters is 1. The van der Waals surface area contributed by atoms with Gasteiger partial charge in [-0.3, -0.25) is 0 Å². The number of aliphatic hydroxyl groups is 1. The number of hydrogen-bond donors (Lipinski definition) is 1. The lowest BCUT2D eigenvalue weighted by Gasteiger charge is -2.56. The Labute approximate surface area is 108 Å². The Kier molecular flexibility index (Phi) is 2.44. The number of hydrogen-bond acceptors (Lipinski definition) is 3. The number of ether oxygens (including phenoxy) is 1. The van der Waals surface area contributed by atoms with Crippen molar-refractivity contribution in [1.82, 2.24) is 0 Å². The van der Waals surface area contributed by atoms with E-state index in [1.165, 1.54) is 0 Å². The molecule has 1 N–H and O–H groups in total. The highest BCUT2D eigenvalue weighted by Crippen LogP contribution is 2.60. The summed E-state index contributed by atoms with van der Waals surface area (Å²) in [5.41, 5.74) is 0.982. The minimum atomic E-state index is -0.253. The Morgan fingerprint density at radius 1 is 1.33 bits per heavy atom. The first-order chi connectivity index (χ1) is 8.34. The van der Waals surface area contributed by atoms with Gasteiger partial charge in [0.05, 0.1) is 12.7 Å². The molecule has 100 valence electrons. The summed E-state index contributed by atoms with van der Waals surface area (Å²) in [4.78, 5) is 11.7. The van der Waals surface area contributed by atoms with Gasteiger partial charge in [-0.25, -0.2) is 4.79 Å². The van der Waals surface area contributed by atoms with Gasteiger partial charge < -0.3 is 9.84 Å². The molecule has 0 spiro atoms. The number of aliphatic hydroxyl groups excluding tert-OH is 1. The molecule has 2 aliphatic carbocycles. The van der Waals surface area contributed by atoms with E-state index in [0.717, 1.165) is 24.8 Å². The first-order valence-corrected chi connectivity index (χ1v) is 6.90. The van der Waals surface area contributed by atoms with Crippen molar-refractivity contribution in [3.63, 3.8) is 0 Å². The van der Waals surface area contributed by atoms with E-state index in [0.29, 0.717) is 12.5 Å². The van der Waals surface area contributed by atoms with E-state index in [1.54, 1.807) is 0 Å². The molecule has 3 aliphatic rings. The van der Waals surface area contributed by atoms with Crippen LogP contribution in [0.2, 0.25) is 0 Å². The van der Waals surface area contributed by atoms with Crippen molar-refractivity contribution in [3.05, 3.63) is 11.6 Å². The zero-order chi connectivity index (χ0) is 13.1. The molecule has 2 fully saturated rings. The molecule has 0 aromatic heterocycles. The van der Waals surface area contributed by atoms with Gasteiger partial charge in [0.25, 0.3) is 0 Å². The van der Waals surface area contributed by atoms with Crippen LogP contribution in [0.5, 0.6) is 0 Å². The number of rotatable bonds is 0. The minimum Gasteiger partial charge on any atom is -0.462 e. The molecule has 1 heterocycles. The minimum absolute atomic E-state index is 0.00257. The second-order valence-electron chi connectivity index (χ2n) is 7.16. The molecule has 3 heteroatoms. The zero-order valence-electron chi connectivity index (χ0n) is 11.4. The summed E-state index contributed by atoms with van der Waals surface area (Å²) in [5.74, 6) is 0.562. The van der Waals surface area contributed by atoms with Crippen LogP contribution in [0.1, 0.15) is 40.0 Å². The predicted octanol–water partition coefficient (Wildman–Crippen LogP) is 2.29. The molecular weight excluding hydrogens is 228 g/mol. The fourth-order valence-corrected chi connectivity index (χ4v) is 4.83. The average molecular weight is 250 g/mol. The van der Waals surface area contributed by atoms with Gasteiger partial charge in [0, 0.05) is 11.5 Å². The van der Waals surface area contributed by atoms with Crippen LogP contribution in [0.4, 0.5) is 0 Å². The quantitative estimate of drug-likeness (QED) is 0.671. The van der Waals surface area contributed by atoms with E-state index in [4.69, 9.17) is 4.74 Å². The third kappa shape index (κ3) is 1.49. The SMILES string of the molecule is CC1(C)C[C@H](O)C[C@]2(C)[C@H]3COC(=O)C3=CC[C@@H]12. The van der Waals surface area contributed by atoms with Crippen LogP contribution in [0.3, 0.4) is 0 Å². The molecule has 0 amide bonds. The van der Waals surface area contributed by atoms with Crippen LogP contribution < -0.4 is 0 Å². The number of allylic oxidation sites excluding steroid dienone is 1. The van der Waals surface area contributed by atoms with Crippen LogP contribution in [-0.4, -0.2) is 23.8 Å². The topological polar surface area (TPSA) is 46.5 Å². The smallest absolute Gasteiger partial charge is 0.334 e. The molecule has 1 aliphatic heterocycles. The molecule has 3 nitrogen and oxygen atoms in total. The molecule has 0 aromatic rings. The number of carbonyl (C=O) groups is 1. The van der Waals surface area contributed by atoms with Crippen LogP contribution in [0.25, 0.3) is 0 Å². The van der Waals surface area contributed by atoms with Gasteiger partial charge in [-0.2, -0.15) is 0 Å². The van der Waals surface area contributed by atoms with Crippen molar-refractivity contribution in [3.8, 4) is 0 Å². The molecule has 1 saturated heterocycles. The summed E-state index contributed by atoms with van der Waals surface area (Å²) >= 11 is 0. The summed E-state index contributed by atoms with van der Waals surface area (Å²) in [5, 5.41) is 10.2. The highest BCUT2D eigenvalue weighted by molar-refractivity contribution is 5.91. The lowest BCUT2D eigenvalue weighted by atomic mass is 9.48. The van der Waals surface area contributed by atoms with Crippen molar-refractivity contribution < 1.29 is 14.6 Å². The van der Waals surface area contributed by atoms with Gasteiger partial charge in [-0.15, -0.1) is 0 Å². The number of cyclic esters (lactones) is 1. The molecule has 1 saturated carbocycles. The van der Waals surface area contributed by atoms with E-state index >= 15 is 0 Å². The van der Waals surface area contributed by atoms with Crippen LogP contribution in [0.15, 0.2) is 11.6 Å². The Morgan fingerprint density at radius 2 is 2.06 bits per heavy atom. The summed E-state index contributed by atoms with van der Waals surface area (Å²) in [6, 6.07) is 0. The maximum atomic E-state index is 11.7. The lowest BCUT2D eigenvalue weighted by molar-refractivity contribution is -0.135.